The molecule has 0 aromatic carbocycles. The molecule has 1 N–H and O–H groups in total. The second-order valence-corrected chi connectivity index (χ2v) is 5.56. The van der Waals surface area contributed by atoms with Crippen LogP contribution < -0.4 is 5.32 Å². The maximum Gasteiger partial charge on any atom is 0.0466 e. The predicted molar refractivity (Wildman–Crippen MR) is 72.0 cm³/mol. The molecule has 0 aromatic rings. The molecular formula is C14H31NO. The van der Waals surface area contributed by atoms with E-state index in [-0.39, 0.29) is 5.54 Å². The zero-order valence-corrected chi connectivity index (χ0v) is 11.8. The van der Waals surface area contributed by atoms with Crippen LogP contribution in [-0.4, -0.2) is 25.3 Å². The molecule has 0 aliphatic rings. The van der Waals surface area contributed by atoms with Crippen LogP contribution in [0.1, 0.15) is 66.2 Å². The summed E-state index contributed by atoms with van der Waals surface area (Å²) in [7, 11) is 0. The lowest BCUT2D eigenvalue weighted by Crippen LogP contribution is -2.36. The number of hydrogen-bond donors (Lipinski definition) is 1. The molecular weight excluding hydrogens is 198 g/mol. The Morgan fingerprint density at radius 3 is 2.06 bits per heavy atom. The number of ether oxygens (including phenoxy) is 1. The van der Waals surface area contributed by atoms with Crippen LogP contribution in [0.2, 0.25) is 0 Å². The van der Waals surface area contributed by atoms with E-state index in [9.17, 15) is 0 Å². The first-order chi connectivity index (χ1) is 7.56. The predicted octanol–water partition coefficient (Wildman–Crippen LogP) is 3.75. The zero-order chi connectivity index (χ0) is 12.3. The van der Waals surface area contributed by atoms with Gasteiger partial charge in [0.1, 0.15) is 0 Å². The zero-order valence-electron chi connectivity index (χ0n) is 11.8. The summed E-state index contributed by atoms with van der Waals surface area (Å²) < 4.78 is 5.56. The van der Waals surface area contributed by atoms with E-state index in [1.807, 2.05) is 0 Å². The highest BCUT2D eigenvalue weighted by atomic mass is 16.5. The second-order valence-electron chi connectivity index (χ2n) is 5.56. The molecule has 0 fully saturated rings. The van der Waals surface area contributed by atoms with Gasteiger partial charge in [-0.3, -0.25) is 0 Å². The molecule has 0 bridgehead atoms. The van der Waals surface area contributed by atoms with E-state index in [1.165, 1.54) is 38.5 Å². The van der Waals surface area contributed by atoms with Crippen LogP contribution in [0.25, 0.3) is 0 Å². The molecule has 16 heavy (non-hydrogen) atoms. The van der Waals surface area contributed by atoms with Crippen molar-refractivity contribution >= 4 is 0 Å². The van der Waals surface area contributed by atoms with Gasteiger partial charge in [0.2, 0.25) is 0 Å². The third kappa shape index (κ3) is 13.9. The van der Waals surface area contributed by atoms with Gasteiger partial charge in [-0.2, -0.15) is 0 Å². The Morgan fingerprint density at radius 1 is 0.875 bits per heavy atom. The highest BCUT2D eigenvalue weighted by molar-refractivity contribution is 4.69. The van der Waals surface area contributed by atoms with Crippen LogP contribution in [0.5, 0.6) is 0 Å². The maximum absolute atomic E-state index is 5.56. The molecule has 0 aliphatic heterocycles. The third-order valence-electron chi connectivity index (χ3n) is 2.51. The van der Waals surface area contributed by atoms with Gasteiger partial charge in [-0.1, -0.05) is 19.8 Å². The molecule has 0 saturated heterocycles. The lowest BCUT2D eigenvalue weighted by atomic mass is 10.1. The van der Waals surface area contributed by atoms with Crippen LogP contribution in [0.4, 0.5) is 0 Å². The van der Waals surface area contributed by atoms with Gasteiger partial charge in [0, 0.05) is 18.8 Å². The van der Waals surface area contributed by atoms with Gasteiger partial charge in [0.25, 0.3) is 0 Å². The highest BCUT2D eigenvalue weighted by Gasteiger charge is 2.06. The fraction of sp³-hybridized carbons (Fsp3) is 1.00. The first-order valence-corrected chi connectivity index (χ1v) is 6.89. The molecule has 0 unspecified atom stereocenters. The Kier molecular flexibility index (Phi) is 10.0. The second kappa shape index (κ2) is 10.1. The van der Waals surface area contributed by atoms with E-state index in [1.54, 1.807) is 0 Å². The fourth-order valence-corrected chi connectivity index (χ4v) is 1.53. The highest BCUT2D eigenvalue weighted by Crippen LogP contribution is 2.01. The van der Waals surface area contributed by atoms with E-state index >= 15 is 0 Å². The minimum Gasteiger partial charge on any atom is -0.381 e. The van der Waals surface area contributed by atoms with Crippen molar-refractivity contribution in [2.75, 3.05) is 19.8 Å². The molecule has 2 nitrogen and oxygen atoms in total. The van der Waals surface area contributed by atoms with Gasteiger partial charge >= 0.3 is 0 Å². The van der Waals surface area contributed by atoms with Crippen molar-refractivity contribution in [2.24, 2.45) is 0 Å². The molecule has 0 aliphatic carbocycles. The Morgan fingerprint density at radius 2 is 1.50 bits per heavy atom. The van der Waals surface area contributed by atoms with Crippen molar-refractivity contribution in [3.05, 3.63) is 0 Å². The molecule has 0 rings (SSSR count). The first kappa shape index (κ1) is 15.9. The summed E-state index contributed by atoms with van der Waals surface area (Å²) in [6.45, 7) is 11.9. The molecule has 0 heterocycles. The van der Waals surface area contributed by atoms with Gasteiger partial charge < -0.3 is 10.1 Å². The normalized spacial score (nSPS) is 12.0. The largest absolute Gasteiger partial charge is 0.381 e. The summed E-state index contributed by atoms with van der Waals surface area (Å²) >= 11 is 0. The topological polar surface area (TPSA) is 21.3 Å². The molecule has 0 radical (unpaired) electrons. The lowest BCUT2D eigenvalue weighted by molar-refractivity contribution is 0.126. The van der Waals surface area contributed by atoms with Gasteiger partial charge in [0.15, 0.2) is 0 Å². The van der Waals surface area contributed by atoms with E-state index in [0.29, 0.717) is 0 Å². The first-order valence-electron chi connectivity index (χ1n) is 6.89. The van der Waals surface area contributed by atoms with Crippen LogP contribution in [0.3, 0.4) is 0 Å². The average molecular weight is 229 g/mol. The molecule has 98 valence electrons. The smallest absolute Gasteiger partial charge is 0.0466 e. The summed E-state index contributed by atoms with van der Waals surface area (Å²) in [5.41, 5.74) is 0.261. The maximum atomic E-state index is 5.56. The van der Waals surface area contributed by atoms with Crippen LogP contribution in [0.15, 0.2) is 0 Å². The number of nitrogens with one attached hydrogen (secondary N) is 1. The molecule has 0 saturated carbocycles. The number of unbranched alkanes of at least 4 members (excludes halogenated alkanes) is 4. The summed E-state index contributed by atoms with van der Waals surface area (Å²) in [5.74, 6) is 0. The van der Waals surface area contributed by atoms with E-state index in [4.69, 9.17) is 4.74 Å². The van der Waals surface area contributed by atoms with E-state index < -0.39 is 0 Å². The van der Waals surface area contributed by atoms with Gasteiger partial charge in [0.05, 0.1) is 0 Å². The molecule has 0 atom stereocenters. The Balaban J connectivity index is 2.99. The third-order valence-corrected chi connectivity index (χ3v) is 2.51. The van der Waals surface area contributed by atoms with Gasteiger partial charge in [-0.15, -0.1) is 0 Å². The van der Waals surface area contributed by atoms with Crippen LogP contribution in [-0.2, 0) is 4.74 Å². The Labute approximate surface area is 102 Å². The average Bonchev–Trinajstić information content (AvgIpc) is 2.19. The van der Waals surface area contributed by atoms with Gasteiger partial charge in [-0.25, -0.2) is 0 Å². The quantitative estimate of drug-likeness (QED) is 0.576. The minimum absolute atomic E-state index is 0.261. The summed E-state index contributed by atoms with van der Waals surface area (Å²) in [4.78, 5) is 0. The van der Waals surface area contributed by atoms with Crippen molar-refractivity contribution in [1.82, 2.24) is 5.32 Å². The molecule has 2 heteroatoms. The summed E-state index contributed by atoms with van der Waals surface area (Å²) in [5, 5.41) is 3.50. The van der Waals surface area contributed by atoms with Crippen molar-refractivity contribution in [1.29, 1.82) is 0 Å². The van der Waals surface area contributed by atoms with Crippen LogP contribution in [0, 0.1) is 0 Å². The lowest BCUT2D eigenvalue weighted by Gasteiger charge is -2.20. The molecule has 0 spiro atoms. The standard InChI is InChI=1S/C14H31NO/c1-5-6-9-12-16-13-10-7-8-11-15-14(2,3)4/h15H,5-13H2,1-4H3. The molecule has 0 amide bonds. The van der Waals surface area contributed by atoms with Crippen molar-refractivity contribution in [3.63, 3.8) is 0 Å². The number of hydrogen-bond acceptors (Lipinski definition) is 2. The number of rotatable bonds is 10. The van der Waals surface area contributed by atoms with Crippen molar-refractivity contribution in [2.45, 2.75) is 71.8 Å². The van der Waals surface area contributed by atoms with Crippen molar-refractivity contribution in [3.8, 4) is 0 Å². The molecule has 0 aromatic heterocycles. The monoisotopic (exact) mass is 229 g/mol. The minimum atomic E-state index is 0.261. The fourth-order valence-electron chi connectivity index (χ4n) is 1.53. The summed E-state index contributed by atoms with van der Waals surface area (Å²) in [6, 6.07) is 0. The Bertz CT molecular complexity index is 140. The van der Waals surface area contributed by atoms with E-state index in [2.05, 4.69) is 33.0 Å². The van der Waals surface area contributed by atoms with Crippen molar-refractivity contribution < 1.29 is 4.74 Å². The van der Waals surface area contributed by atoms with Gasteiger partial charge in [-0.05, 0) is 53.0 Å². The van der Waals surface area contributed by atoms with E-state index in [0.717, 1.165) is 19.8 Å². The summed E-state index contributed by atoms with van der Waals surface area (Å²) in [6.07, 6.45) is 7.55. The SMILES string of the molecule is CCCCCOCCCCCNC(C)(C)C. The Hall–Kier alpha value is -0.0800. The van der Waals surface area contributed by atoms with Crippen LogP contribution >= 0.6 is 0 Å².